The lowest BCUT2D eigenvalue weighted by atomic mass is 10.1. The number of benzene rings is 1. The lowest BCUT2D eigenvalue weighted by molar-refractivity contribution is 0.0962. The summed E-state index contributed by atoms with van der Waals surface area (Å²) in [6.07, 6.45) is 7.08. The summed E-state index contributed by atoms with van der Waals surface area (Å²) in [5.41, 5.74) is 0.641. The second kappa shape index (κ2) is 8.16. The highest BCUT2D eigenvalue weighted by molar-refractivity contribution is 9.10. The van der Waals surface area contributed by atoms with Gasteiger partial charge in [0, 0.05) is 23.0 Å². The first-order valence-corrected chi connectivity index (χ1v) is 8.54. The van der Waals surface area contributed by atoms with Crippen molar-refractivity contribution in [3.8, 4) is 0 Å². The van der Waals surface area contributed by atoms with E-state index in [0.717, 1.165) is 24.1 Å². The van der Waals surface area contributed by atoms with Crippen molar-refractivity contribution in [2.45, 2.75) is 38.5 Å². The summed E-state index contributed by atoms with van der Waals surface area (Å²) < 4.78 is 0.905. The smallest absolute Gasteiger partial charge is 0.165 e. The molecule has 1 heterocycles. The molecular weight excluding hydrogens is 338 g/mol. The SMILES string of the molecule is O=C(CCN1CCCCCCC1)c1ccc(Br)cc1Cl. The van der Waals surface area contributed by atoms with Crippen molar-refractivity contribution in [2.24, 2.45) is 0 Å². The van der Waals surface area contributed by atoms with Gasteiger partial charge in [-0.2, -0.15) is 0 Å². The standard InChI is InChI=1S/C16H21BrClNO/c17-13-6-7-14(15(18)12-13)16(20)8-11-19-9-4-2-1-3-5-10-19/h6-7,12H,1-5,8-11H2. The molecule has 0 radical (unpaired) electrons. The van der Waals surface area contributed by atoms with Crippen LogP contribution in [0.3, 0.4) is 0 Å². The predicted octanol–water partition coefficient (Wildman–Crippen LogP) is 4.94. The van der Waals surface area contributed by atoms with E-state index in [-0.39, 0.29) is 5.78 Å². The first-order valence-electron chi connectivity index (χ1n) is 7.37. The fourth-order valence-electron chi connectivity index (χ4n) is 2.65. The summed E-state index contributed by atoms with van der Waals surface area (Å²) in [5.74, 6) is 0.143. The van der Waals surface area contributed by atoms with Crippen LogP contribution in [0, 0.1) is 0 Å². The first kappa shape index (κ1) is 16.0. The Morgan fingerprint density at radius 2 is 1.80 bits per heavy atom. The summed E-state index contributed by atoms with van der Waals surface area (Å²) in [4.78, 5) is 14.7. The minimum atomic E-state index is 0.143. The average Bonchev–Trinajstić information content (AvgIpc) is 2.37. The maximum absolute atomic E-state index is 12.2. The zero-order valence-corrected chi connectivity index (χ0v) is 14.0. The van der Waals surface area contributed by atoms with Crippen LogP contribution in [0.2, 0.25) is 5.02 Å². The largest absolute Gasteiger partial charge is 0.303 e. The molecule has 0 aliphatic carbocycles. The lowest BCUT2D eigenvalue weighted by Gasteiger charge is -2.24. The fraction of sp³-hybridized carbons (Fsp3) is 0.562. The zero-order chi connectivity index (χ0) is 14.4. The molecule has 0 aromatic heterocycles. The van der Waals surface area contributed by atoms with Gasteiger partial charge in [0.25, 0.3) is 0 Å². The normalized spacial score (nSPS) is 17.5. The Labute approximate surface area is 134 Å². The van der Waals surface area contributed by atoms with Gasteiger partial charge in [-0.25, -0.2) is 0 Å². The molecule has 0 amide bonds. The van der Waals surface area contributed by atoms with Crippen LogP contribution in [-0.4, -0.2) is 30.3 Å². The third kappa shape index (κ3) is 4.87. The Kier molecular flexibility index (Phi) is 6.53. The number of nitrogens with zero attached hydrogens (tertiary/aromatic N) is 1. The summed E-state index contributed by atoms with van der Waals surface area (Å²) in [7, 11) is 0. The third-order valence-electron chi connectivity index (χ3n) is 3.84. The number of carbonyl (C=O) groups is 1. The van der Waals surface area contributed by atoms with Crippen molar-refractivity contribution in [1.82, 2.24) is 4.90 Å². The average molecular weight is 359 g/mol. The number of halogens is 2. The summed E-state index contributed by atoms with van der Waals surface area (Å²) in [6.45, 7) is 3.11. The molecule has 20 heavy (non-hydrogen) atoms. The minimum Gasteiger partial charge on any atom is -0.303 e. The summed E-state index contributed by atoms with van der Waals surface area (Å²) in [6, 6.07) is 5.46. The van der Waals surface area contributed by atoms with E-state index in [1.165, 1.54) is 32.1 Å². The van der Waals surface area contributed by atoms with E-state index in [9.17, 15) is 4.79 Å². The Balaban J connectivity index is 1.87. The van der Waals surface area contributed by atoms with Crippen LogP contribution in [0.1, 0.15) is 48.9 Å². The maximum Gasteiger partial charge on any atom is 0.165 e. The van der Waals surface area contributed by atoms with Gasteiger partial charge in [0.15, 0.2) is 5.78 Å². The van der Waals surface area contributed by atoms with Gasteiger partial charge in [-0.3, -0.25) is 4.79 Å². The molecule has 0 atom stereocenters. The fourth-order valence-corrected chi connectivity index (χ4v) is 3.43. The van der Waals surface area contributed by atoms with Crippen molar-refractivity contribution in [1.29, 1.82) is 0 Å². The number of likely N-dealkylation sites (tertiary alicyclic amines) is 1. The van der Waals surface area contributed by atoms with E-state index in [1.54, 1.807) is 6.07 Å². The summed E-state index contributed by atoms with van der Waals surface area (Å²) >= 11 is 9.49. The highest BCUT2D eigenvalue weighted by atomic mass is 79.9. The second-order valence-electron chi connectivity index (χ2n) is 5.41. The molecule has 110 valence electrons. The van der Waals surface area contributed by atoms with E-state index in [1.807, 2.05) is 12.1 Å². The molecule has 1 saturated heterocycles. The topological polar surface area (TPSA) is 20.3 Å². The number of rotatable bonds is 4. The van der Waals surface area contributed by atoms with Crippen LogP contribution in [0.5, 0.6) is 0 Å². The van der Waals surface area contributed by atoms with Crippen LogP contribution in [0.25, 0.3) is 0 Å². The predicted molar refractivity (Wildman–Crippen MR) is 87.6 cm³/mol. The summed E-state index contributed by atoms with van der Waals surface area (Å²) in [5, 5.41) is 0.539. The zero-order valence-electron chi connectivity index (χ0n) is 11.7. The van der Waals surface area contributed by atoms with Crippen molar-refractivity contribution in [3.63, 3.8) is 0 Å². The van der Waals surface area contributed by atoms with Gasteiger partial charge in [0.05, 0.1) is 5.02 Å². The molecule has 1 aliphatic heterocycles. The highest BCUT2D eigenvalue weighted by Gasteiger charge is 2.14. The van der Waals surface area contributed by atoms with Crippen molar-refractivity contribution in [2.75, 3.05) is 19.6 Å². The van der Waals surface area contributed by atoms with Crippen molar-refractivity contribution >= 4 is 33.3 Å². The molecule has 1 aromatic carbocycles. The number of Topliss-reactive ketones (excluding diaryl/α,β-unsaturated/α-hetero) is 1. The van der Waals surface area contributed by atoms with Gasteiger partial charge in [-0.05, 0) is 44.1 Å². The molecule has 1 aromatic rings. The minimum absolute atomic E-state index is 0.143. The van der Waals surface area contributed by atoms with Gasteiger partial charge in [0.1, 0.15) is 0 Å². The Bertz CT molecular complexity index is 456. The quantitative estimate of drug-likeness (QED) is 0.710. The van der Waals surface area contributed by atoms with E-state index < -0.39 is 0 Å². The van der Waals surface area contributed by atoms with Gasteiger partial charge in [0.2, 0.25) is 0 Å². The highest BCUT2D eigenvalue weighted by Crippen LogP contribution is 2.22. The lowest BCUT2D eigenvalue weighted by Crippen LogP contribution is -2.29. The van der Waals surface area contributed by atoms with Crippen LogP contribution in [0.15, 0.2) is 22.7 Å². The third-order valence-corrected chi connectivity index (χ3v) is 4.64. The van der Waals surface area contributed by atoms with E-state index in [2.05, 4.69) is 20.8 Å². The van der Waals surface area contributed by atoms with Gasteiger partial charge < -0.3 is 4.90 Å². The van der Waals surface area contributed by atoms with Crippen LogP contribution < -0.4 is 0 Å². The van der Waals surface area contributed by atoms with E-state index >= 15 is 0 Å². The monoisotopic (exact) mass is 357 g/mol. The van der Waals surface area contributed by atoms with Gasteiger partial charge in [-0.1, -0.05) is 46.8 Å². The van der Waals surface area contributed by atoms with Crippen LogP contribution in [-0.2, 0) is 0 Å². The van der Waals surface area contributed by atoms with Gasteiger partial charge in [-0.15, -0.1) is 0 Å². The molecule has 1 aliphatic rings. The molecule has 2 rings (SSSR count). The number of carbonyl (C=O) groups excluding carboxylic acids is 1. The first-order chi connectivity index (χ1) is 9.66. The number of hydrogen-bond acceptors (Lipinski definition) is 2. The molecule has 0 spiro atoms. The molecule has 2 nitrogen and oxygen atoms in total. The molecule has 0 unspecified atom stereocenters. The van der Waals surface area contributed by atoms with Crippen molar-refractivity contribution < 1.29 is 4.79 Å². The Morgan fingerprint density at radius 3 is 2.45 bits per heavy atom. The molecule has 4 heteroatoms. The second-order valence-corrected chi connectivity index (χ2v) is 6.73. The van der Waals surface area contributed by atoms with E-state index in [0.29, 0.717) is 17.0 Å². The molecule has 0 bridgehead atoms. The Hall–Kier alpha value is -0.380. The molecule has 0 saturated carbocycles. The maximum atomic E-state index is 12.2. The van der Waals surface area contributed by atoms with Gasteiger partial charge >= 0.3 is 0 Å². The van der Waals surface area contributed by atoms with Crippen LogP contribution in [0.4, 0.5) is 0 Å². The molecule has 1 fully saturated rings. The Morgan fingerprint density at radius 1 is 1.15 bits per heavy atom. The molecule has 0 N–H and O–H groups in total. The van der Waals surface area contributed by atoms with Crippen molar-refractivity contribution in [3.05, 3.63) is 33.3 Å². The van der Waals surface area contributed by atoms with Crippen LogP contribution >= 0.6 is 27.5 Å². The number of ketones is 1. The van der Waals surface area contributed by atoms with E-state index in [4.69, 9.17) is 11.6 Å². The number of hydrogen-bond donors (Lipinski definition) is 0. The molecular formula is C16H21BrClNO.